The predicted molar refractivity (Wildman–Crippen MR) is 120 cm³/mol. The Bertz CT molecular complexity index is 1220. The third-order valence-electron chi connectivity index (χ3n) is 5.09. The first-order valence-corrected chi connectivity index (χ1v) is 11.8. The molecular weight excluding hydrogens is 416 g/mol. The van der Waals surface area contributed by atoms with Gasteiger partial charge in [-0.25, -0.2) is 8.42 Å². The van der Waals surface area contributed by atoms with Crippen molar-refractivity contribution in [3.05, 3.63) is 66.2 Å². The zero-order chi connectivity index (χ0) is 22.0. The van der Waals surface area contributed by atoms with Gasteiger partial charge in [-0.05, 0) is 36.1 Å². The van der Waals surface area contributed by atoms with E-state index in [9.17, 15) is 13.2 Å². The van der Waals surface area contributed by atoms with Gasteiger partial charge in [-0.15, -0.1) is 0 Å². The van der Waals surface area contributed by atoms with E-state index in [1.807, 2.05) is 55.5 Å². The third-order valence-corrected chi connectivity index (χ3v) is 6.23. The Balaban J connectivity index is 1.39. The number of nitrogens with one attached hydrogen (secondary N) is 1. The van der Waals surface area contributed by atoms with Crippen molar-refractivity contribution in [2.45, 2.75) is 13.0 Å². The highest BCUT2D eigenvalue weighted by Gasteiger charge is 2.34. The fourth-order valence-corrected chi connectivity index (χ4v) is 4.50. The monoisotopic (exact) mass is 440 g/mol. The Morgan fingerprint density at radius 3 is 2.74 bits per heavy atom. The van der Waals surface area contributed by atoms with Crippen LogP contribution in [0, 0.1) is 6.92 Å². The van der Waals surface area contributed by atoms with Gasteiger partial charge < -0.3 is 14.8 Å². The quantitative estimate of drug-likeness (QED) is 0.596. The number of benzene rings is 3. The number of amides is 1. The van der Waals surface area contributed by atoms with Gasteiger partial charge >= 0.3 is 0 Å². The van der Waals surface area contributed by atoms with Crippen molar-refractivity contribution in [3.63, 3.8) is 0 Å². The molecule has 0 aromatic heterocycles. The van der Waals surface area contributed by atoms with E-state index in [4.69, 9.17) is 9.47 Å². The van der Waals surface area contributed by atoms with E-state index in [0.717, 1.165) is 28.3 Å². The Kier molecular flexibility index (Phi) is 5.73. The highest BCUT2D eigenvalue weighted by Crippen LogP contribution is 2.35. The van der Waals surface area contributed by atoms with Crippen molar-refractivity contribution in [3.8, 4) is 11.5 Å². The van der Waals surface area contributed by atoms with Crippen LogP contribution < -0.4 is 19.1 Å². The summed E-state index contributed by atoms with van der Waals surface area (Å²) in [7, 11) is -3.55. The molecule has 31 heavy (non-hydrogen) atoms. The molecule has 162 valence electrons. The number of aryl methyl sites for hydroxylation is 1. The van der Waals surface area contributed by atoms with Gasteiger partial charge in [-0.2, -0.15) is 0 Å². The summed E-state index contributed by atoms with van der Waals surface area (Å²) in [5.74, 6) is 0.736. The van der Waals surface area contributed by atoms with Crippen LogP contribution in [0.3, 0.4) is 0 Å². The molecule has 0 saturated heterocycles. The average Bonchev–Trinajstić information content (AvgIpc) is 2.75. The van der Waals surface area contributed by atoms with Crippen LogP contribution in [0.5, 0.6) is 11.5 Å². The molecule has 1 amide bonds. The summed E-state index contributed by atoms with van der Waals surface area (Å²) in [6.07, 6.45) is 0.177. The molecule has 3 aromatic rings. The van der Waals surface area contributed by atoms with Gasteiger partial charge in [-0.1, -0.05) is 42.5 Å². The number of sulfonamides is 1. The highest BCUT2D eigenvalue weighted by atomic mass is 32.2. The van der Waals surface area contributed by atoms with Crippen LogP contribution in [-0.4, -0.2) is 46.4 Å². The summed E-state index contributed by atoms with van der Waals surface area (Å²) in [5, 5.41) is 4.86. The van der Waals surface area contributed by atoms with Gasteiger partial charge in [0, 0.05) is 5.39 Å². The maximum atomic E-state index is 12.7. The number of rotatable bonds is 6. The molecule has 0 saturated carbocycles. The van der Waals surface area contributed by atoms with Crippen molar-refractivity contribution < 1.29 is 22.7 Å². The van der Waals surface area contributed by atoms with Crippen molar-refractivity contribution in [2.24, 2.45) is 0 Å². The molecule has 1 N–H and O–H groups in total. The van der Waals surface area contributed by atoms with Crippen LogP contribution in [0.15, 0.2) is 60.7 Å². The van der Waals surface area contributed by atoms with Crippen LogP contribution in [0.1, 0.15) is 5.56 Å². The number of nitrogens with zero attached hydrogens (tertiary/aromatic N) is 1. The van der Waals surface area contributed by atoms with Crippen LogP contribution in [0.2, 0.25) is 0 Å². The Morgan fingerprint density at radius 2 is 1.94 bits per heavy atom. The standard InChI is InChI=1S/C23H24N2O5S/c1-16-10-11-19-21(14-16)30-22(15-25(19)31(2,27)28)23(26)24-12-13-29-20-9-5-7-17-6-3-4-8-18(17)20/h3-11,14,22H,12-13,15H2,1-2H3,(H,24,26)/t22-/m0/s1. The normalized spacial score (nSPS) is 15.8. The fourth-order valence-electron chi connectivity index (χ4n) is 3.58. The first-order valence-electron chi connectivity index (χ1n) is 9.96. The van der Waals surface area contributed by atoms with Gasteiger partial charge in [0.1, 0.15) is 18.1 Å². The van der Waals surface area contributed by atoms with Crippen molar-refractivity contribution in [1.29, 1.82) is 0 Å². The molecule has 1 atom stereocenters. The number of carbonyl (C=O) groups excluding carboxylic acids is 1. The number of ether oxygens (including phenoxy) is 2. The van der Waals surface area contributed by atoms with Crippen LogP contribution in [-0.2, 0) is 14.8 Å². The van der Waals surface area contributed by atoms with Crippen molar-refractivity contribution >= 4 is 32.4 Å². The number of hydrogen-bond acceptors (Lipinski definition) is 5. The molecular formula is C23H24N2O5S. The molecule has 7 nitrogen and oxygen atoms in total. The molecule has 0 radical (unpaired) electrons. The molecule has 0 aliphatic carbocycles. The summed E-state index contributed by atoms with van der Waals surface area (Å²) in [5.41, 5.74) is 1.35. The highest BCUT2D eigenvalue weighted by molar-refractivity contribution is 7.92. The second kappa shape index (κ2) is 8.47. The topological polar surface area (TPSA) is 84.9 Å². The zero-order valence-electron chi connectivity index (χ0n) is 17.4. The van der Waals surface area contributed by atoms with Crippen LogP contribution in [0.4, 0.5) is 5.69 Å². The molecule has 0 spiro atoms. The number of carbonyl (C=O) groups is 1. The first-order chi connectivity index (χ1) is 14.8. The molecule has 1 heterocycles. The minimum Gasteiger partial charge on any atom is -0.491 e. The Morgan fingerprint density at radius 1 is 1.16 bits per heavy atom. The lowest BCUT2D eigenvalue weighted by molar-refractivity contribution is -0.127. The molecule has 4 rings (SSSR count). The summed E-state index contributed by atoms with van der Waals surface area (Å²) >= 11 is 0. The summed E-state index contributed by atoms with van der Waals surface area (Å²) in [4.78, 5) is 12.7. The minimum atomic E-state index is -3.55. The zero-order valence-corrected chi connectivity index (χ0v) is 18.2. The second-order valence-corrected chi connectivity index (χ2v) is 9.40. The van der Waals surface area contributed by atoms with E-state index in [1.165, 1.54) is 4.31 Å². The Hall–Kier alpha value is -3.26. The van der Waals surface area contributed by atoms with Gasteiger partial charge in [0.05, 0.1) is 25.0 Å². The molecule has 8 heteroatoms. The number of anilines is 1. The Labute approximate surface area is 181 Å². The minimum absolute atomic E-state index is 0.0785. The third kappa shape index (κ3) is 4.59. The smallest absolute Gasteiger partial charge is 0.263 e. The largest absolute Gasteiger partial charge is 0.491 e. The molecule has 3 aromatic carbocycles. The summed E-state index contributed by atoms with van der Waals surface area (Å²) in [6, 6.07) is 19.0. The lowest BCUT2D eigenvalue weighted by Gasteiger charge is -2.34. The molecule has 0 fully saturated rings. The fraction of sp³-hybridized carbons (Fsp3) is 0.261. The number of hydrogen-bond donors (Lipinski definition) is 1. The van der Waals surface area contributed by atoms with E-state index in [-0.39, 0.29) is 25.6 Å². The van der Waals surface area contributed by atoms with Gasteiger partial charge in [0.15, 0.2) is 6.10 Å². The lowest BCUT2D eigenvalue weighted by Crippen LogP contribution is -2.51. The lowest BCUT2D eigenvalue weighted by atomic mass is 10.1. The van der Waals surface area contributed by atoms with Gasteiger partial charge in [0.25, 0.3) is 5.91 Å². The van der Waals surface area contributed by atoms with Crippen molar-refractivity contribution in [1.82, 2.24) is 5.32 Å². The maximum Gasteiger partial charge on any atom is 0.263 e. The second-order valence-electron chi connectivity index (χ2n) is 7.49. The van der Waals surface area contributed by atoms with Gasteiger partial charge in [0.2, 0.25) is 10.0 Å². The van der Waals surface area contributed by atoms with Gasteiger partial charge in [-0.3, -0.25) is 9.10 Å². The predicted octanol–water partition coefficient (Wildman–Crippen LogP) is 2.87. The van der Waals surface area contributed by atoms with Crippen LogP contribution >= 0.6 is 0 Å². The van der Waals surface area contributed by atoms with Crippen LogP contribution in [0.25, 0.3) is 10.8 Å². The van der Waals surface area contributed by atoms with E-state index in [2.05, 4.69) is 5.32 Å². The maximum absolute atomic E-state index is 12.7. The summed E-state index contributed by atoms with van der Waals surface area (Å²) in [6.45, 7) is 2.34. The molecule has 1 aliphatic rings. The number of fused-ring (bicyclic) bond motifs is 2. The van der Waals surface area contributed by atoms with E-state index in [0.29, 0.717) is 11.4 Å². The molecule has 0 bridgehead atoms. The molecule has 0 unspecified atom stereocenters. The van der Waals surface area contributed by atoms with Crippen molar-refractivity contribution in [2.75, 3.05) is 30.3 Å². The van der Waals surface area contributed by atoms with E-state index in [1.54, 1.807) is 12.1 Å². The van der Waals surface area contributed by atoms with E-state index < -0.39 is 16.1 Å². The van der Waals surface area contributed by atoms with E-state index >= 15 is 0 Å². The summed E-state index contributed by atoms with van der Waals surface area (Å²) < 4.78 is 37.4. The SMILES string of the molecule is Cc1ccc2c(c1)O[C@H](C(=O)NCCOc1cccc3ccccc13)CN2S(C)(=O)=O. The average molecular weight is 441 g/mol. The molecule has 1 aliphatic heterocycles. The first kappa shape index (κ1) is 21.0.